The molecule has 104 valence electrons. The first kappa shape index (κ1) is 15.7. The van der Waals surface area contributed by atoms with Crippen molar-refractivity contribution in [1.82, 2.24) is 4.90 Å². The van der Waals surface area contributed by atoms with Gasteiger partial charge in [-0.05, 0) is 50.4 Å². The molecule has 2 nitrogen and oxygen atoms in total. The fourth-order valence-electron chi connectivity index (χ4n) is 2.28. The molecule has 0 radical (unpaired) electrons. The molecule has 0 aliphatic heterocycles. The maximum Gasteiger partial charge on any atom is 0.0697 e. The van der Waals surface area contributed by atoms with Gasteiger partial charge in [-0.3, -0.25) is 0 Å². The van der Waals surface area contributed by atoms with Crippen LogP contribution in [0, 0.1) is 23.7 Å². The predicted molar refractivity (Wildman–Crippen MR) is 81.0 cm³/mol. The van der Waals surface area contributed by atoms with Gasteiger partial charge in [0, 0.05) is 13.1 Å². The van der Waals surface area contributed by atoms with Crippen LogP contribution in [0.4, 0.5) is 0 Å². The van der Waals surface area contributed by atoms with E-state index in [0.29, 0.717) is 5.92 Å². The standard InChI is InChI=1S/C17H26N2/c1-13(2)15-8-7-14(3)16(9-15)10-19(6)12-17(4,5)11-18/h7-9,13H,10,12H2,1-6H3. The first-order chi connectivity index (χ1) is 8.75. The Morgan fingerprint density at radius 3 is 2.47 bits per heavy atom. The molecule has 0 saturated carbocycles. The predicted octanol–water partition coefficient (Wildman–Crippen LogP) is 4.10. The van der Waals surface area contributed by atoms with E-state index in [1.807, 2.05) is 13.8 Å². The van der Waals surface area contributed by atoms with E-state index in [2.05, 4.69) is 57.0 Å². The van der Waals surface area contributed by atoms with E-state index in [-0.39, 0.29) is 5.41 Å². The Morgan fingerprint density at radius 1 is 1.32 bits per heavy atom. The highest BCUT2D eigenvalue weighted by Gasteiger charge is 2.19. The number of nitrogens with zero attached hydrogens (tertiary/aromatic N) is 2. The van der Waals surface area contributed by atoms with Gasteiger partial charge < -0.3 is 4.90 Å². The summed E-state index contributed by atoms with van der Waals surface area (Å²) in [5.74, 6) is 0.556. The van der Waals surface area contributed by atoms with Crippen LogP contribution in [0.1, 0.15) is 50.3 Å². The van der Waals surface area contributed by atoms with Gasteiger partial charge in [0.15, 0.2) is 0 Å². The Labute approximate surface area is 118 Å². The summed E-state index contributed by atoms with van der Waals surface area (Å²) in [6, 6.07) is 9.08. The normalized spacial score (nSPS) is 11.9. The molecule has 1 aromatic carbocycles. The zero-order valence-corrected chi connectivity index (χ0v) is 13.1. The van der Waals surface area contributed by atoms with Gasteiger partial charge in [-0.15, -0.1) is 0 Å². The third-order valence-electron chi connectivity index (χ3n) is 3.45. The molecule has 0 spiro atoms. The summed E-state index contributed by atoms with van der Waals surface area (Å²) in [6.45, 7) is 12.3. The maximum absolute atomic E-state index is 9.10. The molecular weight excluding hydrogens is 232 g/mol. The van der Waals surface area contributed by atoms with E-state index in [0.717, 1.165) is 13.1 Å². The molecule has 1 aromatic rings. The van der Waals surface area contributed by atoms with Crippen LogP contribution in [0.25, 0.3) is 0 Å². The lowest BCUT2D eigenvalue weighted by Gasteiger charge is -2.25. The Balaban J connectivity index is 2.82. The number of hydrogen-bond donors (Lipinski definition) is 0. The highest BCUT2D eigenvalue weighted by molar-refractivity contribution is 5.32. The zero-order valence-electron chi connectivity index (χ0n) is 13.1. The van der Waals surface area contributed by atoms with Crippen LogP contribution in [0.3, 0.4) is 0 Å². The fourth-order valence-corrected chi connectivity index (χ4v) is 2.28. The Morgan fingerprint density at radius 2 is 1.95 bits per heavy atom. The average molecular weight is 258 g/mol. The van der Waals surface area contributed by atoms with Crippen molar-refractivity contribution in [3.8, 4) is 6.07 Å². The third-order valence-corrected chi connectivity index (χ3v) is 3.45. The molecule has 1 rings (SSSR count). The van der Waals surface area contributed by atoms with Gasteiger partial charge in [0.05, 0.1) is 11.5 Å². The number of benzene rings is 1. The third kappa shape index (κ3) is 4.69. The van der Waals surface area contributed by atoms with E-state index in [4.69, 9.17) is 5.26 Å². The summed E-state index contributed by atoms with van der Waals surface area (Å²) in [5.41, 5.74) is 3.78. The van der Waals surface area contributed by atoms with Gasteiger partial charge in [-0.25, -0.2) is 0 Å². The molecule has 0 unspecified atom stereocenters. The van der Waals surface area contributed by atoms with Gasteiger partial charge in [0.2, 0.25) is 0 Å². The minimum Gasteiger partial charge on any atom is -0.301 e. The van der Waals surface area contributed by atoms with Crippen molar-refractivity contribution < 1.29 is 0 Å². The van der Waals surface area contributed by atoms with E-state index in [1.54, 1.807) is 0 Å². The first-order valence-corrected chi connectivity index (χ1v) is 6.94. The lowest BCUT2D eigenvalue weighted by molar-refractivity contribution is 0.248. The number of aryl methyl sites for hydroxylation is 1. The molecule has 0 fully saturated rings. The molecule has 0 amide bonds. The van der Waals surface area contributed by atoms with Gasteiger partial charge in [0.25, 0.3) is 0 Å². The van der Waals surface area contributed by atoms with Crippen LogP contribution in [0.2, 0.25) is 0 Å². The molecule has 0 bridgehead atoms. The van der Waals surface area contributed by atoms with E-state index in [9.17, 15) is 0 Å². The van der Waals surface area contributed by atoms with E-state index >= 15 is 0 Å². The number of nitriles is 1. The van der Waals surface area contributed by atoms with Crippen molar-refractivity contribution in [1.29, 1.82) is 5.26 Å². The largest absolute Gasteiger partial charge is 0.301 e. The minimum absolute atomic E-state index is 0.293. The van der Waals surface area contributed by atoms with Crippen molar-refractivity contribution in [2.24, 2.45) is 5.41 Å². The summed E-state index contributed by atoms with van der Waals surface area (Å²) in [7, 11) is 2.08. The highest BCUT2D eigenvalue weighted by atomic mass is 15.1. The molecule has 0 saturated heterocycles. The first-order valence-electron chi connectivity index (χ1n) is 6.94. The summed E-state index contributed by atoms with van der Waals surface area (Å²) in [4.78, 5) is 2.23. The van der Waals surface area contributed by atoms with Crippen LogP contribution < -0.4 is 0 Å². The average Bonchev–Trinajstić information content (AvgIpc) is 2.31. The minimum atomic E-state index is -0.293. The SMILES string of the molecule is Cc1ccc(C(C)C)cc1CN(C)CC(C)(C)C#N. The molecule has 0 N–H and O–H groups in total. The van der Waals surface area contributed by atoms with Gasteiger partial charge in [0.1, 0.15) is 0 Å². The van der Waals surface area contributed by atoms with Crippen molar-refractivity contribution in [2.75, 3.05) is 13.6 Å². The molecular formula is C17H26N2. The maximum atomic E-state index is 9.10. The van der Waals surface area contributed by atoms with Gasteiger partial charge in [-0.2, -0.15) is 5.26 Å². The fraction of sp³-hybridized carbons (Fsp3) is 0.588. The summed E-state index contributed by atoms with van der Waals surface area (Å²) < 4.78 is 0. The summed E-state index contributed by atoms with van der Waals surface area (Å²) >= 11 is 0. The molecule has 0 aromatic heterocycles. The lowest BCUT2D eigenvalue weighted by Crippen LogP contribution is -2.30. The summed E-state index contributed by atoms with van der Waals surface area (Å²) in [6.07, 6.45) is 0. The number of rotatable bonds is 5. The van der Waals surface area contributed by atoms with E-state index in [1.165, 1.54) is 16.7 Å². The van der Waals surface area contributed by atoms with Crippen molar-refractivity contribution >= 4 is 0 Å². The van der Waals surface area contributed by atoms with Crippen LogP contribution in [-0.4, -0.2) is 18.5 Å². The van der Waals surface area contributed by atoms with Gasteiger partial charge >= 0.3 is 0 Å². The second-order valence-corrected chi connectivity index (χ2v) is 6.51. The second-order valence-electron chi connectivity index (χ2n) is 6.51. The Hall–Kier alpha value is -1.33. The summed E-state index contributed by atoms with van der Waals surface area (Å²) in [5, 5.41) is 9.10. The van der Waals surface area contributed by atoms with E-state index < -0.39 is 0 Å². The van der Waals surface area contributed by atoms with Crippen molar-refractivity contribution in [3.63, 3.8) is 0 Å². The molecule has 0 heterocycles. The van der Waals surface area contributed by atoms with Crippen LogP contribution in [-0.2, 0) is 6.54 Å². The Kier molecular flexibility index (Phi) is 5.14. The molecule has 0 atom stereocenters. The molecule has 0 aliphatic carbocycles. The smallest absolute Gasteiger partial charge is 0.0697 e. The van der Waals surface area contributed by atoms with Crippen LogP contribution in [0.5, 0.6) is 0 Å². The zero-order chi connectivity index (χ0) is 14.6. The quantitative estimate of drug-likeness (QED) is 0.795. The van der Waals surface area contributed by atoms with Gasteiger partial charge in [-0.1, -0.05) is 32.0 Å². The molecule has 0 aliphatic rings. The topological polar surface area (TPSA) is 27.0 Å². The second kappa shape index (κ2) is 6.21. The van der Waals surface area contributed by atoms with Crippen molar-refractivity contribution in [2.45, 2.75) is 47.1 Å². The molecule has 2 heteroatoms. The lowest BCUT2D eigenvalue weighted by atomic mass is 9.94. The van der Waals surface area contributed by atoms with Crippen molar-refractivity contribution in [3.05, 3.63) is 34.9 Å². The monoisotopic (exact) mass is 258 g/mol. The van der Waals surface area contributed by atoms with Crippen LogP contribution in [0.15, 0.2) is 18.2 Å². The van der Waals surface area contributed by atoms with Crippen LogP contribution >= 0.6 is 0 Å². The Bertz CT molecular complexity index is 467. The molecule has 19 heavy (non-hydrogen) atoms. The number of hydrogen-bond acceptors (Lipinski definition) is 2. The highest BCUT2D eigenvalue weighted by Crippen LogP contribution is 2.21.